The molecule has 4 aromatic rings. The van der Waals surface area contributed by atoms with Gasteiger partial charge in [0.15, 0.2) is 5.82 Å². The summed E-state index contributed by atoms with van der Waals surface area (Å²) in [7, 11) is 0. The van der Waals surface area contributed by atoms with Crippen molar-refractivity contribution in [1.82, 2.24) is 25.5 Å². The Morgan fingerprint density at radius 2 is 1.76 bits per heavy atom. The molecule has 0 atom stereocenters. The number of H-pyrrole nitrogens is 1. The number of benzene rings is 2. The molecule has 2 heterocycles. The van der Waals surface area contributed by atoms with E-state index in [-0.39, 0.29) is 0 Å². The lowest BCUT2D eigenvalue weighted by atomic mass is 9.95. The van der Waals surface area contributed by atoms with E-state index in [1.54, 1.807) is 0 Å². The number of aryl methyl sites for hydroxylation is 1. The van der Waals surface area contributed by atoms with Crippen molar-refractivity contribution in [1.29, 1.82) is 0 Å². The van der Waals surface area contributed by atoms with E-state index in [4.69, 9.17) is 0 Å². The molecule has 2 aromatic carbocycles. The van der Waals surface area contributed by atoms with Crippen LogP contribution < -0.4 is 5.32 Å². The maximum Gasteiger partial charge on any atom is 0.159 e. The Kier molecular flexibility index (Phi) is 5.05. The van der Waals surface area contributed by atoms with Crippen molar-refractivity contribution in [2.24, 2.45) is 0 Å². The van der Waals surface area contributed by atoms with Gasteiger partial charge in [0.25, 0.3) is 0 Å². The zero-order chi connectivity index (χ0) is 19.5. The number of hydrogen-bond donors (Lipinski definition) is 2. The van der Waals surface area contributed by atoms with E-state index < -0.39 is 0 Å². The van der Waals surface area contributed by atoms with E-state index >= 15 is 0 Å². The van der Waals surface area contributed by atoms with Crippen LogP contribution in [-0.4, -0.2) is 26.7 Å². The molecule has 0 saturated heterocycles. The fourth-order valence-corrected chi connectivity index (χ4v) is 4.12. The number of nitrogens with zero attached hydrogens (tertiary/aromatic N) is 3. The Balaban J connectivity index is 1.18. The summed E-state index contributed by atoms with van der Waals surface area (Å²) in [5.41, 5.74) is 6.19. The first kappa shape index (κ1) is 18.0. The van der Waals surface area contributed by atoms with Crippen LogP contribution in [0.4, 0.5) is 0 Å². The summed E-state index contributed by atoms with van der Waals surface area (Å²) in [6, 6.07) is 14.7. The highest BCUT2D eigenvalue weighted by Crippen LogP contribution is 2.23. The molecule has 2 aromatic heterocycles. The summed E-state index contributed by atoms with van der Waals surface area (Å²) in [5, 5.41) is 13.7. The van der Waals surface area contributed by atoms with Crippen LogP contribution in [0.5, 0.6) is 0 Å². The van der Waals surface area contributed by atoms with Crippen LogP contribution in [0.1, 0.15) is 35.4 Å². The minimum atomic E-state index is 0.766. The first-order chi connectivity index (χ1) is 14.4. The SMILES string of the molecule is c1ccc2cc(-c3ncc(CNCCc4n[nH]c5c4CCCC5)cn3)ccc2c1. The molecule has 29 heavy (non-hydrogen) atoms. The Hall–Kier alpha value is -3.05. The van der Waals surface area contributed by atoms with Gasteiger partial charge in [-0.1, -0.05) is 36.4 Å². The van der Waals surface area contributed by atoms with Crippen LogP contribution in [-0.2, 0) is 25.8 Å². The highest BCUT2D eigenvalue weighted by atomic mass is 15.1. The van der Waals surface area contributed by atoms with Crippen LogP contribution in [0.3, 0.4) is 0 Å². The van der Waals surface area contributed by atoms with Gasteiger partial charge in [-0.05, 0) is 48.1 Å². The molecular weight excluding hydrogens is 358 g/mol. The van der Waals surface area contributed by atoms with Crippen LogP contribution in [0.25, 0.3) is 22.2 Å². The van der Waals surface area contributed by atoms with Gasteiger partial charge < -0.3 is 5.32 Å². The number of fused-ring (bicyclic) bond motifs is 2. The van der Waals surface area contributed by atoms with E-state index in [1.807, 2.05) is 12.4 Å². The average Bonchev–Trinajstić information content (AvgIpc) is 3.20. The number of aromatic amines is 1. The summed E-state index contributed by atoms with van der Waals surface area (Å²) >= 11 is 0. The molecular formula is C24H25N5. The maximum atomic E-state index is 4.57. The quantitative estimate of drug-likeness (QED) is 0.489. The molecule has 0 spiro atoms. The smallest absolute Gasteiger partial charge is 0.159 e. The van der Waals surface area contributed by atoms with Crippen molar-refractivity contribution in [3.8, 4) is 11.4 Å². The molecule has 0 fully saturated rings. The van der Waals surface area contributed by atoms with Crippen molar-refractivity contribution in [2.75, 3.05) is 6.54 Å². The Bertz CT molecular complexity index is 1110. The number of nitrogens with one attached hydrogen (secondary N) is 2. The highest BCUT2D eigenvalue weighted by Gasteiger charge is 2.16. The zero-order valence-corrected chi connectivity index (χ0v) is 16.5. The molecule has 0 radical (unpaired) electrons. The summed E-state index contributed by atoms with van der Waals surface area (Å²) in [4.78, 5) is 9.15. The Morgan fingerprint density at radius 3 is 2.66 bits per heavy atom. The minimum Gasteiger partial charge on any atom is -0.312 e. The van der Waals surface area contributed by atoms with Crippen molar-refractivity contribution >= 4 is 10.8 Å². The van der Waals surface area contributed by atoms with Crippen LogP contribution in [0.2, 0.25) is 0 Å². The predicted molar refractivity (Wildman–Crippen MR) is 116 cm³/mol. The van der Waals surface area contributed by atoms with Gasteiger partial charge in [0.1, 0.15) is 0 Å². The average molecular weight is 383 g/mol. The van der Waals surface area contributed by atoms with E-state index in [9.17, 15) is 0 Å². The van der Waals surface area contributed by atoms with Crippen molar-refractivity contribution < 1.29 is 0 Å². The molecule has 0 unspecified atom stereocenters. The van der Waals surface area contributed by atoms with Gasteiger partial charge in [0, 0.05) is 48.7 Å². The lowest BCUT2D eigenvalue weighted by Gasteiger charge is -2.11. The Morgan fingerprint density at radius 1 is 0.931 bits per heavy atom. The monoisotopic (exact) mass is 383 g/mol. The molecule has 2 N–H and O–H groups in total. The van der Waals surface area contributed by atoms with Gasteiger partial charge in [-0.15, -0.1) is 0 Å². The zero-order valence-electron chi connectivity index (χ0n) is 16.5. The molecule has 5 nitrogen and oxygen atoms in total. The number of rotatable bonds is 6. The molecule has 0 saturated carbocycles. The molecule has 146 valence electrons. The van der Waals surface area contributed by atoms with Gasteiger partial charge in [-0.2, -0.15) is 5.10 Å². The van der Waals surface area contributed by atoms with Gasteiger partial charge in [0.2, 0.25) is 0 Å². The maximum absolute atomic E-state index is 4.57. The van der Waals surface area contributed by atoms with Crippen molar-refractivity contribution in [3.63, 3.8) is 0 Å². The molecule has 0 amide bonds. The van der Waals surface area contributed by atoms with Gasteiger partial charge in [-0.25, -0.2) is 9.97 Å². The summed E-state index contributed by atoms with van der Waals surface area (Å²) in [6.07, 6.45) is 9.68. The topological polar surface area (TPSA) is 66.5 Å². The molecule has 0 aliphatic heterocycles. The minimum absolute atomic E-state index is 0.766. The van der Waals surface area contributed by atoms with Crippen LogP contribution >= 0.6 is 0 Å². The summed E-state index contributed by atoms with van der Waals surface area (Å²) < 4.78 is 0. The standard InChI is InChI=1S/C24H25N5/c1-2-6-19-13-20(10-9-18(19)5-1)24-26-15-17(16-27-24)14-25-12-11-23-21-7-3-4-8-22(21)28-29-23/h1-2,5-6,9-10,13,15-16,25H,3-4,7-8,11-12,14H2,(H,28,29). The van der Waals surface area contributed by atoms with Gasteiger partial charge >= 0.3 is 0 Å². The second-order valence-electron chi connectivity index (χ2n) is 7.74. The van der Waals surface area contributed by atoms with Crippen molar-refractivity contribution in [2.45, 2.75) is 38.6 Å². The third-order valence-corrected chi connectivity index (χ3v) is 5.72. The normalized spacial score (nSPS) is 13.5. The molecule has 0 bridgehead atoms. The van der Waals surface area contributed by atoms with E-state index in [0.717, 1.165) is 42.9 Å². The first-order valence-electron chi connectivity index (χ1n) is 10.4. The van der Waals surface area contributed by atoms with Crippen LogP contribution in [0.15, 0.2) is 54.9 Å². The largest absolute Gasteiger partial charge is 0.312 e. The molecule has 5 rings (SSSR count). The Labute approximate surface area is 170 Å². The number of aromatic nitrogens is 4. The fraction of sp³-hybridized carbons (Fsp3) is 0.292. The third-order valence-electron chi connectivity index (χ3n) is 5.72. The summed E-state index contributed by atoms with van der Waals surface area (Å²) in [5.74, 6) is 0.766. The van der Waals surface area contributed by atoms with Gasteiger partial charge in [-0.3, -0.25) is 5.10 Å². The lowest BCUT2D eigenvalue weighted by molar-refractivity contribution is 0.658. The lowest BCUT2D eigenvalue weighted by Crippen LogP contribution is -2.18. The van der Waals surface area contributed by atoms with E-state index in [0.29, 0.717) is 0 Å². The molecule has 1 aliphatic rings. The number of hydrogen-bond acceptors (Lipinski definition) is 4. The predicted octanol–water partition coefficient (Wildman–Crippen LogP) is 4.23. The van der Waals surface area contributed by atoms with Crippen LogP contribution in [0, 0.1) is 0 Å². The second-order valence-corrected chi connectivity index (χ2v) is 7.74. The molecule has 5 heteroatoms. The highest BCUT2D eigenvalue weighted by molar-refractivity contribution is 5.86. The van der Waals surface area contributed by atoms with E-state index in [2.05, 4.69) is 67.9 Å². The van der Waals surface area contributed by atoms with E-state index in [1.165, 1.54) is 47.0 Å². The fourth-order valence-electron chi connectivity index (χ4n) is 4.12. The van der Waals surface area contributed by atoms with Gasteiger partial charge in [0.05, 0.1) is 5.69 Å². The summed E-state index contributed by atoms with van der Waals surface area (Å²) in [6.45, 7) is 1.67. The molecule has 1 aliphatic carbocycles. The first-order valence-corrected chi connectivity index (χ1v) is 10.4. The third kappa shape index (κ3) is 3.91. The van der Waals surface area contributed by atoms with Crippen molar-refractivity contribution in [3.05, 3.63) is 77.4 Å². The second kappa shape index (κ2) is 8.13.